The van der Waals surface area contributed by atoms with Crippen LogP contribution in [0.3, 0.4) is 0 Å². The summed E-state index contributed by atoms with van der Waals surface area (Å²) in [6.45, 7) is 3.60. The molecule has 0 aliphatic carbocycles. The van der Waals surface area contributed by atoms with Crippen LogP contribution in [0.25, 0.3) is 10.9 Å². The molecule has 34 heavy (non-hydrogen) atoms. The number of piperidine rings is 1. The van der Waals surface area contributed by atoms with Crippen LogP contribution in [0, 0.1) is 18.3 Å². The second-order valence-corrected chi connectivity index (χ2v) is 9.33. The second kappa shape index (κ2) is 12.6. The topological polar surface area (TPSA) is 118 Å². The fourth-order valence-electron chi connectivity index (χ4n) is 4.26. The normalized spacial score (nSPS) is 16.6. The fourth-order valence-corrected chi connectivity index (χ4v) is 4.81. The van der Waals surface area contributed by atoms with E-state index in [9.17, 15) is 18.4 Å². The minimum atomic E-state index is -2.53. The van der Waals surface area contributed by atoms with Crippen LogP contribution < -0.4 is 10.6 Å². The van der Waals surface area contributed by atoms with Gasteiger partial charge in [0.05, 0.1) is 25.2 Å². The molecular formula is C24H30N5O4S-. The highest BCUT2D eigenvalue weighted by Gasteiger charge is 2.26. The van der Waals surface area contributed by atoms with E-state index in [4.69, 9.17) is 6.42 Å². The van der Waals surface area contributed by atoms with Crippen LogP contribution >= 0.6 is 0 Å². The van der Waals surface area contributed by atoms with E-state index in [2.05, 4.69) is 51.6 Å². The third kappa shape index (κ3) is 7.08. The molecule has 2 atom stereocenters. The molecule has 1 aliphatic heterocycles. The maximum atomic E-state index is 12.1. The van der Waals surface area contributed by atoms with Gasteiger partial charge in [0.15, 0.2) is 0 Å². The number of terminal acetylenes is 1. The van der Waals surface area contributed by atoms with Gasteiger partial charge in [-0.2, -0.15) is 0 Å². The Kier molecular flexibility index (Phi) is 9.53. The van der Waals surface area contributed by atoms with Gasteiger partial charge in [-0.3, -0.25) is 23.7 Å². The number of aromatic nitrogens is 1. The summed E-state index contributed by atoms with van der Waals surface area (Å²) in [6, 6.07) is 10.4. The Morgan fingerprint density at radius 2 is 2.00 bits per heavy atom. The number of para-hydroxylation sites is 1. The van der Waals surface area contributed by atoms with Crippen LogP contribution in [-0.2, 0) is 20.9 Å². The summed E-state index contributed by atoms with van der Waals surface area (Å²) in [7, 11) is 0. The first-order valence-corrected chi connectivity index (χ1v) is 12.3. The van der Waals surface area contributed by atoms with E-state index in [0.29, 0.717) is 0 Å². The summed E-state index contributed by atoms with van der Waals surface area (Å²) in [5, 5.41) is 5.96. The van der Waals surface area contributed by atoms with Crippen LogP contribution in [0.5, 0.6) is 0 Å². The van der Waals surface area contributed by atoms with Crippen molar-refractivity contribution in [2.45, 2.75) is 25.8 Å². The van der Waals surface area contributed by atoms with Gasteiger partial charge in [0.25, 0.3) is 0 Å². The molecule has 2 unspecified atom stereocenters. The maximum absolute atomic E-state index is 12.1. The average Bonchev–Trinajstić information content (AvgIpc) is 2.85. The van der Waals surface area contributed by atoms with Crippen molar-refractivity contribution in [3.8, 4) is 12.3 Å². The van der Waals surface area contributed by atoms with Crippen molar-refractivity contribution in [2.75, 3.05) is 39.3 Å². The summed E-state index contributed by atoms with van der Waals surface area (Å²) in [4.78, 5) is 30.6. The number of rotatable bonds is 10. The summed E-state index contributed by atoms with van der Waals surface area (Å²) in [5.41, 5.74) is 2.19. The molecule has 1 aromatic heterocycles. The van der Waals surface area contributed by atoms with Crippen molar-refractivity contribution in [3.05, 3.63) is 42.1 Å². The number of benzene rings is 1. The third-order valence-electron chi connectivity index (χ3n) is 6.14. The van der Waals surface area contributed by atoms with Gasteiger partial charge < -0.3 is 15.2 Å². The van der Waals surface area contributed by atoms with Gasteiger partial charge in [-0.05, 0) is 50.4 Å². The van der Waals surface area contributed by atoms with Crippen molar-refractivity contribution in [1.82, 2.24) is 24.8 Å². The molecule has 2 N–H and O–H groups in total. The molecule has 1 aliphatic rings. The Hall–Kier alpha value is -2.84. The number of likely N-dealkylation sites (tertiary alicyclic amines) is 1. The lowest BCUT2D eigenvalue weighted by Crippen LogP contribution is -2.45. The summed E-state index contributed by atoms with van der Waals surface area (Å²) < 4.78 is 24.5. The van der Waals surface area contributed by atoms with Crippen LogP contribution in [0.15, 0.2) is 36.5 Å². The van der Waals surface area contributed by atoms with Gasteiger partial charge in [0.1, 0.15) is 0 Å². The average molecular weight is 485 g/mol. The molecule has 9 nitrogen and oxygen atoms in total. The molecule has 0 bridgehead atoms. The standard InChI is InChI=1S/C24H31N5O4S/c1-3-11-25-22(30)15-27-23(31)17-29(34(32)33)16-19-9-13-28(14-10-19)18(2)21-8-4-6-20-7-5-12-26-24(20)21/h1,4-8,12,18-19H,9-11,13-17H2,2H3,(H,25,30)(H,27,31)(H,32,33)/p-1. The molecule has 2 heterocycles. The van der Waals surface area contributed by atoms with Crippen molar-refractivity contribution >= 4 is 34.0 Å². The number of hydrogen-bond donors (Lipinski definition) is 2. The van der Waals surface area contributed by atoms with E-state index < -0.39 is 23.1 Å². The van der Waals surface area contributed by atoms with E-state index >= 15 is 0 Å². The van der Waals surface area contributed by atoms with Crippen molar-refractivity contribution in [3.63, 3.8) is 0 Å². The molecular weight excluding hydrogens is 454 g/mol. The van der Waals surface area contributed by atoms with Gasteiger partial charge in [-0.1, -0.05) is 30.2 Å². The zero-order valence-corrected chi connectivity index (χ0v) is 20.1. The number of nitrogens with one attached hydrogen (secondary N) is 2. The molecule has 2 amide bonds. The number of hydrogen-bond acceptors (Lipinski definition) is 6. The fraction of sp³-hybridized carbons (Fsp3) is 0.458. The number of carbonyl (C=O) groups excluding carboxylic acids is 2. The van der Waals surface area contributed by atoms with Crippen molar-refractivity contribution < 1.29 is 18.4 Å². The van der Waals surface area contributed by atoms with E-state index in [0.717, 1.165) is 41.1 Å². The SMILES string of the molecule is C#CCNC(=O)CNC(=O)CN(CC1CCN(C(C)c2cccc3cccnc23)CC1)S(=O)[O-]. The molecule has 2 aromatic rings. The predicted molar refractivity (Wildman–Crippen MR) is 130 cm³/mol. The lowest BCUT2D eigenvalue weighted by atomic mass is 9.94. The Morgan fingerprint density at radius 1 is 1.26 bits per heavy atom. The highest BCUT2D eigenvalue weighted by Crippen LogP contribution is 2.30. The molecule has 1 fully saturated rings. The highest BCUT2D eigenvalue weighted by atomic mass is 32.2. The first-order valence-electron chi connectivity index (χ1n) is 11.3. The lowest BCUT2D eigenvalue weighted by molar-refractivity contribution is -0.126. The number of pyridine rings is 1. The Morgan fingerprint density at radius 3 is 2.71 bits per heavy atom. The number of fused-ring (bicyclic) bond motifs is 1. The quantitative estimate of drug-likeness (QED) is 0.383. The predicted octanol–water partition coefficient (Wildman–Crippen LogP) is 0.970. The monoisotopic (exact) mass is 484 g/mol. The molecule has 10 heteroatoms. The van der Waals surface area contributed by atoms with Gasteiger partial charge in [0.2, 0.25) is 11.8 Å². The zero-order chi connectivity index (χ0) is 24.5. The maximum Gasteiger partial charge on any atom is 0.240 e. The first-order chi connectivity index (χ1) is 16.4. The smallest absolute Gasteiger partial charge is 0.240 e. The number of amides is 2. The van der Waals surface area contributed by atoms with Gasteiger partial charge >= 0.3 is 0 Å². The van der Waals surface area contributed by atoms with Crippen LogP contribution in [0.4, 0.5) is 0 Å². The summed E-state index contributed by atoms with van der Waals surface area (Å²) in [6.07, 6.45) is 8.52. The molecule has 1 saturated heterocycles. The molecule has 3 rings (SSSR count). The van der Waals surface area contributed by atoms with Crippen LogP contribution in [-0.4, -0.2) is 74.0 Å². The highest BCUT2D eigenvalue weighted by molar-refractivity contribution is 7.76. The molecule has 0 saturated carbocycles. The summed E-state index contributed by atoms with van der Waals surface area (Å²) in [5.74, 6) is 1.46. The Labute approximate surface area is 202 Å². The largest absolute Gasteiger partial charge is 0.760 e. The zero-order valence-electron chi connectivity index (χ0n) is 19.2. The molecule has 0 spiro atoms. The van der Waals surface area contributed by atoms with Gasteiger partial charge in [0, 0.05) is 35.4 Å². The lowest BCUT2D eigenvalue weighted by Gasteiger charge is -2.38. The van der Waals surface area contributed by atoms with Gasteiger partial charge in [-0.15, -0.1) is 6.42 Å². The Bertz CT molecular complexity index is 1060. The molecule has 0 radical (unpaired) electrons. The number of nitrogens with zero attached hydrogens (tertiary/aromatic N) is 3. The van der Waals surface area contributed by atoms with Crippen molar-refractivity contribution in [1.29, 1.82) is 0 Å². The van der Waals surface area contributed by atoms with Crippen molar-refractivity contribution in [2.24, 2.45) is 5.92 Å². The molecule has 1 aromatic carbocycles. The van der Waals surface area contributed by atoms with Crippen LogP contribution in [0.1, 0.15) is 31.4 Å². The van der Waals surface area contributed by atoms with E-state index in [1.54, 1.807) is 0 Å². The summed E-state index contributed by atoms with van der Waals surface area (Å²) >= 11 is -2.53. The van der Waals surface area contributed by atoms with E-state index in [1.165, 1.54) is 5.56 Å². The third-order valence-corrected chi connectivity index (χ3v) is 6.84. The Balaban J connectivity index is 1.50. The minimum Gasteiger partial charge on any atom is -0.760 e. The first kappa shape index (κ1) is 25.8. The minimum absolute atomic E-state index is 0.0692. The van der Waals surface area contributed by atoms with Crippen LogP contribution in [0.2, 0.25) is 0 Å². The van der Waals surface area contributed by atoms with E-state index in [-0.39, 0.29) is 38.1 Å². The van der Waals surface area contributed by atoms with Gasteiger partial charge in [-0.25, -0.2) is 4.31 Å². The van der Waals surface area contributed by atoms with E-state index in [1.807, 2.05) is 18.3 Å². The number of carbonyl (C=O) groups is 2. The second-order valence-electron chi connectivity index (χ2n) is 8.37. The molecule has 182 valence electrons.